The van der Waals surface area contributed by atoms with Crippen LogP contribution in [0.2, 0.25) is 0 Å². The second-order valence-electron chi connectivity index (χ2n) is 8.05. The molecule has 5 atom stereocenters. The molecule has 0 unspecified atom stereocenters. The van der Waals surface area contributed by atoms with E-state index >= 15 is 0 Å². The number of aliphatic hydroxyl groups is 4. The van der Waals surface area contributed by atoms with E-state index in [1.54, 1.807) is 12.4 Å². The summed E-state index contributed by atoms with van der Waals surface area (Å²) in [5.74, 6) is 6.15. The van der Waals surface area contributed by atoms with Crippen molar-refractivity contribution >= 4 is 0 Å². The minimum absolute atomic E-state index is 0.448. The first kappa shape index (κ1) is 22.2. The number of hydrogen-bond donors (Lipinski definition) is 5. The van der Waals surface area contributed by atoms with Gasteiger partial charge in [0.25, 0.3) is 0 Å². The molecule has 1 aliphatic heterocycles. The number of H-pyrrole nitrogens is 1. The monoisotopic (exact) mass is 434 g/mol. The Hall–Kier alpha value is -2.99. The van der Waals surface area contributed by atoms with Gasteiger partial charge in [-0.15, -0.1) is 0 Å². The first-order valence-corrected chi connectivity index (χ1v) is 10.5. The fourth-order valence-corrected chi connectivity index (χ4v) is 3.83. The van der Waals surface area contributed by atoms with Crippen molar-refractivity contribution in [2.45, 2.75) is 43.9 Å². The second kappa shape index (κ2) is 9.65. The molecule has 0 amide bonds. The molecule has 0 bridgehead atoms. The summed E-state index contributed by atoms with van der Waals surface area (Å²) in [4.78, 5) is 0. The van der Waals surface area contributed by atoms with Gasteiger partial charge in [0.2, 0.25) is 0 Å². The van der Waals surface area contributed by atoms with E-state index in [4.69, 9.17) is 4.74 Å². The number of nitrogens with one attached hydrogen (secondary N) is 1. The molecule has 1 saturated heterocycles. The van der Waals surface area contributed by atoms with Gasteiger partial charge >= 0.3 is 0 Å². The number of nitrogens with zero attached hydrogens (tertiary/aromatic N) is 1. The molecule has 2 aromatic carbocycles. The zero-order valence-electron chi connectivity index (χ0n) is 17.6. The molecule has 2 heterocycles. The van der Waals surface area contributed by atoms with E-state index in [0.29, 0.717) is 12.0 Å². The van der Waals surface area contributed by atoms with Crippen molar-refractivity contribution in [1.82, 2.24) is 10.2 Å². The Labute approximate surface area is 186 Å². The lowest BCUT2D eigenvalue weighted by Gasteiger charge is -2.40. The molecular weight excluding hydrogens is 408 g/mol. The Morgan fingerprint density at radius 2 is 1.72 bits per heavy atom. The van der Waals surface area contributed by atoms with E-state index in [9.17, 15) is 20.4 Å². The third-order valence-electron chi connectivity index (χ3n) is 5.79. The van der Waals surface area contributed by atoms with Crippen molar-refractivity contribution in [1.29, 1.82) is 0 Å². The van der Waals surface area contributed by atoms with E-state index < -0.39 is 37.1 Å². The Balaban J connectivity index is 1.52. The number of aromatic amines is 1. The van der Waals surface area contributed by atoms with Gasteiger partial charge in [-0.1, -0.05) is 42.2 Å². The molecule has 5 N–H and O–H groups in total. The molecule has 7 heteroatoms. The molecule has 32 heavy (non-hydrogen) atoms. The predicted octanol–water partition coefficient (Wildman–Crippen LogP) is 1.22. The number of rotatable bonds is 4. The minimum atomic E-state index is -1.40. The maximum atomic E-state index is 10.4. The minimum Gasteiger partial charge on any atom is -0.394 e. The molecule has 1 aliphatic rings. The molecular formula is C25H26N2O5. The normalized spacial score (nSPS) is 25.2. The van der Waals surface area contributed by atoms with Crippen molar-refractivity contribution in [3.63, 3.8) is 0 Å². The van der Waals surface area contributed by atoms with Crippen LogP contribution < -0.4 is 0 Å². The summed E-state index contributed by atoms with van der Waals surface area (Å²) in [7, 11) is 0. The van der Waals surface area contributed by atoms with Crippen LogP contribution in [0.25, 0.3) is 0 Å². The van der Waals surface area contributed by atoms with E-state index in [1.807, 2.05) is 49.4 Å². The van der Waals surface area contributed by atoms with Gasteiger partial charge in [0.1, 0.15) is 30.5 Å². The summed E-state index contributed by atoms with van der Waals surface area (Å²) in [6.07, 6.45) is -1.75. The lowest BCUT2D eigenvalue weighted by Crippen LogP contribution is -2.55. The predicted molar refractivity (Wildman–Crippen MR) is 118 cm³/mol. The van der Waals surface area contributed by atoms with Crippen LogP contribution in [0.1, 0.15) is 39.5 Å². The van der Waals surface area contributed by atoms with E-state index in [-0.39, 0.29) is 0 Å². The first-order chi connectivity index (χ1) is 15.5. The van der Waals surface area contributed by atoms with Gasteiger partial charge in [-0.3, -0.25) is 5.10 Å². The molecule has 7 nitrogen and oxygen atoms in total. The second-order valence-corrected chi connectivity index (χ2v) is 8.05. The Morgan fingerprint density at radius 1 is 0.969 bits per heavy atom. The number of benzene rings is 2. The topological polar surface area (TPSA) is 119 Å². The zero-order chi connectivity index (χ0) is 22.7. The van der Waals surface area contributed by atoms with Crippen LogP contribution in [0.4, 0.5) is 0 Å². The van der Waals surface area contributed by atoms with Crippen molar-refractivity contribution in [3.05, 3.63) is 88.2 Å². The van der Waals surface area contributed by atoms with Crippen LogP contribution in [0.3, 0.4) is 0 Å². The number of aliphatic hydroxyl groups excluding tert-OH is 4. The summed E-state index contributed by atoms with van der Waals surface area (Å²) >= 11 is 0. The van der Waals surface area contributed by atoms with Gasteiger partial charge in [0.15, 0.2) is 0 Å². The highest BCUT2D eigenvalue weighted by Gasteiger charge is 2.43. The highest BCUT2D eigenvalue weighted by atomic mass is 16.5. The van der Waals surface area contributed by atoms with Crippen LogP contribution in [0.5, 0.6) is 0 Å². The summed E-state index contributed by atoms with van der Waals surface area (Å²) < 4.78 is 5.70. The molecule has 0 radical (unpaired) electrons. The molecule has 166 valence electrons. The van der Waals surface area contributed by atoms with Crippen LogP contribution in [-0.2, 0) is 11.2 Å². The Bertz CT molecular complexity index is 1100. The SMILES string of the molecule is Cc1ccc([C@@H]2O[C@H](CO)[C@@H](O)[C@H](O)[C@H]2O)cc1Cc1ccc(C#Cc2cn[nH]c2)cc1. The van der Waals surface area contributed by atoms with Crippen LogP contribution in [0, 0.1) is 18.8 Å². The summed E-state index contributed by atoms with van der Waals surface area (Å²) in [5.41, 5.74) is 5.66. The maximum Gasteiger partial charge on any atom is 0.113 e. The van der Waals surface area contributed by atoms with Gasteiger partial charge in [0.05, 0.1) is 18.4 Å². The zero-order valence-corrected chi connectivity index (χ0v) is 17.6. The molecule has 1 aromatic heterocycles. The van der Waals surface area contributed by atoms with Gasteiger partial charge in [-0.25, -0.2) is 0 Å². The lowest BCUT2D eigenvalue weighted by atomic mass is 9.89. The van der Waals surface area contributed by atoms with Crippen LogP contribution in [-0.4, -0.2) is 61.6 Å². The smallest absolute Gasteiger partial charge is 0.113 e. The molecule has 3 aromatic rings. The molecule has 4 rings (SSSR count). The Kier molecular flexibility index (Phi) is 6.70. The molecule has 0 spiro atoms. The van der Waals surface area contributed by atoms with E-state index in [1.165, 1.54) is 0 Å². The summed E-state index contributed by atoms with van der Waals surface area (Å²) in [6.45, 7) is 1.56. The number of ether oxygens (including phenoxy) is 1. The molecule has 1 fully saturated rings. The van der Waals surface area contributed by atoms with Crippen LogP contribution in [0.15, 0.2) is 54.9 Å². The average Bonchev–Trinajstić information content (AvgIpc) is 3.33. The number of hydrogen-bond acceptors (Lipinski definition) is 6. The van der Waals surface area contributed by atoms with Crippen molar-refractivity contribution in [2.75, 3.05) is 6.61 Å². The molecule has 0 saturated carbocycles. The third-order valence-corrected chi connectivity index (χ3v) is 5.79. The standard InChI is InChI=1S/C25H26N2O5/c1-15-2-9-19(25-24(31)23(30)22(29)21(14-28)32-25)11-20(15)10-17-6-3-16(4-7-17)5-8-18-12-26-27-13-18/h2-4,6-7,9,11-13,21-25,28-31H,10,14H2,1H3,(H,26,27)/t21-,22-,23+,24-,25+/m1/s1. The van der Waals surface area contributed by atoms with Crippen LogP contribution >= 0.6 is 0 Å². The van der Waals surface area contributed by atoms with Gasteiger partial charge in [0, 0.05) is 11.8 Å². The van der Waals surface area contributed by atoms with E-state index in [2.05, 4.69) is 22.0 Å². The fraction of sp³-hybridized carbons (Fsp3) is 0.320. The largest absolute Gasteiger partial charge is 0.394 e. The average molecular weight is 434 g/mol. The van der Waals surface area contributed by atoms with Crippen molar-refractivity contribution in [2.24, 2.45) is 0 Å². The van der Waals surface area contributed by atoms with Gasteiger partial charge in [-0.2, -0.15) is 5.10 Å². The van der Waals surface area contributed by atoms with E-state index in [0.717, 1.165) is 27.8 Å². The quantitative estimate of drug-likeness (QED) is 0.394. The summed E-state index contributed by atoms with van der Waals surface area (Å²) in [5, 5.41) is 46.6. The Morgan fingerprint density at radius 3 is 2.41 bits per heavy atom. The molecule has 0 aliphatic carbocycles. The van der Waals surface area contributed by atoms with Crippen molar-refractivity contribution in [3.8, 4) is 11.8 Å². The first-order valence-electron chi connectivity index (χ1n) is 10.5. The fourth-order valence-electron chi connectivity index (χ4n) is 3.83. The highest BCUT2D eigenvalue weighted by Crippen LogP contribution is 2.33. The lowest BCUT2D eigenvalue weighted by molar-refractivity contribution is -0.231. The van der Waals surface area contributed by atoms with Gasteiger partial charge in [-0.05, 0) is 47.7 Å². The third kappa shape index (κ3) is 4.75. The maximum absolute atomic E-state index is 10.4. The van der Waals surface area contributed by atoms with Gasteiger partial charge < -0.3 is 25.2 Å². The number of aryl methyl sites for hydroxylation is 1. The summed E-state index contributed by atoms with van der Waals surface area (Å²) in [6, 6.07) is 13.7. The number of aromatic nitrogens is 2. The highest BCUT2D eigenvalue weighted by molar-refractivity contribution is 5.43. The van der Waals surface area contributed by atoms with Crippen molar-refractivity contribution < 1.29 is 25.2 Å².